The van der Waals surface area contributed by atoms with Gasteiger partial charge in [-0.15, -0.1) is 10.2 Å². The first kappa shape index (κ1) is 14.1. The number of amides is 1. The van der Waals surface area contributed by atoms with Gasteiger partial charge < -0.3 is 10.1 Å². The maximum atomic E-state index is 11.9. The fourth-order valence-corrected chi connectivity index (χ4v) is 1.78. The van der Waals surface area contributed by atoms with Crippen LogP contribution in [0.1, 0.15) is 16.1 Å². The van der Waals surface area contributed by atoms with Crippen molar-refractivity contribution in [1.82, 2.24) is 15.5 Å². The van der Waals surface area contributed by atoms with Gasteiger partial charge in [0, 0.05) is 0 Å². The van der Waals surface area contributed by atoms with E-state index in [9.17, 15) is 9.59 Å². The number of hydrogen-bond acceptors (Lipinski definition) is 4. The zero-order valence-electron chi connectivity index (χ0n) is 10.5. The summed E-state index contributed by atoms with van der Waals surface area (Å²) in [5.74, 6) is -0.456. The maximum absolute atomic E-state index is 11.9. The second-order valence-corrected chi connectivity index (χ2v) is 4.53. The van der Waals surface area contributed by atoms with E-state index < -0.39 is 11.9 Å². The minimum atomic E-state index is -0.609. The smallest absolute Gasteiger partial charge is 0.272 e. The van der Waals surface area contributed by atoms with Crippen molar-refractivity contribution in [3.05, 3.63) is 58.9 Å². The quantitative estimate of drug-likeness (QED) is 0.850. The summed E-state index contributed by atoms with van der Waals surface area (Å²) in [6.45, 7) is 0. The van der Waals surface area contributed by atoms with Crippen LogP contribution in [0.4, 0.5) is 0 Å². The van der Waals surface area contributed by atoms with Crippen LogP contribution in [0.25, 0.3) is 0 Å². The van der Waals surface area contributed by atoms with E-state index in [0.717, 1.165) is 5.56 Å². The van der Waals surface area contributed by atoms with Crippen LogP contribution in [-0.2, 0) is 11.2 Å². The van der Waals surface area contributed by atoms with Crippen LogP contribution in [0, 0.1) is 0 Å². The van der Waals surface area contributed by atoms with Crippen molar-refractivity contribution in [2.24, 2.45) is 0 Å². The van der Waals surface area contributed by atoms with Crippen LogP contribution in [0.3, 0.4) is 0 Å². The Kier molecular flexibility index (Phi) is 4.79. The molecular weight excluding hydrogens is 278 g/mol. The number of benzene rings is 1. The molecule has 0 fully saturated rings. The van der Waals surface area contributed by atoms with E-state index in [1.54, 1.807) is 0 Å². The van der Waals surface area contributed by atoms with E-state index in [1.165, 1.54) is 12.1 Å². The molecule has 1 N–H and O–H groups in total. The zero-order chi connectivity index (χ0) is 14.4. The van der Waals surface area contributed by atoms with Gasteiger partial charge in [0.25, 0.3) is 5.91 Å². The Hall–Kier alpha value is -2.27. The fourth-order valence-electron chi connectivity index (χ4n) is 1.68. The number of nitrogens with zero attached hydrogens (tertiary/aromatic N) is 2. The highest BCUT2D eigenvalue weighted by Gasteiger charge is 2.14. The highest BCUT2D eigenvalue weighted by Crippen LogP contribution is 2.04. The van der Waals surface area contributed by atoms with Crippen LogP contribution in [-0.4, -0.2) is 28.4 Å². The van der Waals surface area contributed by atoms with Gasteiger partial charge >= 0.3 is 0 Å². The van der Waals surface area contributed by atoms with E-state index in [4.69, 9.17) is 11.6 Å². The Morgan fingerprint density at radius 2 is 1.95 bits per heavy atom. The third kappa shape index (κ3) is 3.86. The van der Waals surface area contributed by atoms with Crippen molar-refractivity contribution >= 4 is 23.8 Å². The largest absolute Gasteiger partial charge is 0.341 e. The third-order valence-electron chi connectivity index (χ3n) is 2.64. The Balaban J connectivity index is 2.01. The summed E-state index contributed by atoms with van der Waals surface area (Å²) >= 11 is 5.60. The van der Waals surface area contributed by atoms with Crippen molar-refractivity contribution in [3.63, 3.8) is 0 Å². The van der Waals surface area contributed by atoms with Gasteiger partial charge in [0.2, 0.25) is 0 Å². The number of carbonyl (C=O) groups excluding carboxylic acids is 2. The molecular formula is C14H12ClN3O2. The van der Waals surface area contributed by atoms with Crippen molar-refractivity contribution < 1.29 is 9.59 Å². The number of aldehydes is 1. The predicted octanol–water partition coefficient (Wildman–Crippen LogP) is 1.67. The minimum absolute atomic E-state index is 0.120. The van der Waals surface area contributed by atoms with Gasteiger partial charge in [-0.1, -0.05) is 41.9 Å². The number of rotatable bonds is 5. The number of nitrogens with one attached hydrogen (secondary N) is 1. The van der Waals surface area contributed by atoms with Crippen molar-refractivity contribution in [2.75, 3.05) is 0 Å². The molecule has 0 unspecified atom stereocenters. The van der Waals surface area contributed by atoms with Gasteiger partial charge in [-0.3, -0.25) is 4.79 Å². The fraction of sp³-hybridized carbons (Fsp3) is 0.143. The van der Waals surface area contributed by atoms with Gasteiger partial charge in [-0.25, -0.2) is 0 Å². The van der Waals surface area contributed by atoms with Crippen LogP contribution >= 0.6 is 11.6 Å². The van der Waals surface area contributed by atoms with E-state index in [2.05, 4.69) is 15.5 Å². The third-order valence-corrected chi connectivity index (χ3v) is 2.85. The molecule has 1 aromatic heterocycles. The maximum Gasteiger partial charge on any atom is 0.272 e. The lowest BCUT2D eigenvalue weighted by Gasteiger charge is -2.12. The van der Waals surface area contributed by atoms with E-state index >= 15 is 0 Å². The van der Waals surface area contributed by atoms with Crippen LogP contribution in [0.5, 0.6) is 0 Å². The molecule has 20 heavy (non-hydrogen) atoms. The topological polar surface area (TPSA) is 72.0 Å². The first-order chi connectivity index (χ1) is 9.69. The molecule has 0 saturated heterocycles. The van der Waals surface area contributed by atoms with Crippen molar-refractivity contribution in [3.8, 4) is 0 Å². The summed E-state index contributed by atoms with van der Waals surface area (Å²) in [5.41, 5.74) is 1.08. The summed E-state index contributed by atoms with van der Waals surface area (Å²) in [5, 5.41) is 10.1. The van der Waals surface area contributed by atoms with Crippen LogP contribution < -0.4 is 5.32 Å². The molecule has 0 aliphatic carbocycles. The molecule has 0 aliphatic rings. The molecule has 1 amide bonds. The molecule has 102 valence electrons. The summed E-state index contributed by atoms with van der Waals surface area (Å²) in [6, 6.07) is 11.7. The average Bonchev–Trinajstić information content (AvgIpc) is 2.48. The number of halogens is 1. The lowest BCUT2D eigenvalue weighted by atomic mass is 10.1. The minimum Gasteiger partial charge on any atom is -0.341 e. The Morgan fingerprint density at radius 1 is 1.20 bits per heavy atom. The lowest BCUT2D eigenvalue weighted by molar-refractivity contribution is -0.109. The van der Waals surface area contributed by atoms with Gasteiger partial charge in [0.05, 0.1) is 6.04 Å². The summed E-state index contributed by atoms with van der Waals surface area (Å²) in [4.78, 5) is 23.0. The standard InChI is InChI=1S/C14H12ClN3O2/c15-13-7-6-12(17-18-13)14(20)16-11(9-19)8-10-4-2-1-3-5-10/h1-7,9,11H,8H2,(H,16,20)/t11-/m0/s1. The molecule has 0 radical (unpaired) electrons. The van der Waals surface area contributed by atoms with Crippen LogP contribution in [0.15, 0.2) is 42.5 Å². The van der Waals surface area contributed by atoms with Gasteiger partial charge in [-0.2, -0.15) is 0 Å². The number of hydrogen-bond donors (Lipinski definition) is 1. The molecule has 1 atom stereocenters. The van der Waals surface area contributed by atoms with Crippen molar-refractivity contribution in [1.29, 1.82) is 0 Å². The average molecular weight is 290 g/mol. The summed E-state index contributed by atoms with van der Waals surface area (Å²) in [6.07, 6.45) is 1.13. The Bertz CT molecular complexity index is 587. The van der Waals surface area contributed by atoms with Gasteiger partial charge in [0.1, 0.15) is 6.29 Å². The van der Waals surface area contributed by atoms with E-state index in [0.29, 0.717) is 12.7 Å². The number of carbonyl (C=O) groups is 2. The Labute approximate surface area is 121 Å². The molecule has 1 aromatic carbocycles. The monoisotopic (exact) mass is 289 g/mol. The molecule has 2 aromatic rings. The molecule has 0 bridgehead atoms. The zero-order valence-corrected chi connectivity index (χ0v) is 11.2. The first-order valence-corrected chi connectivity index (χ1v) is 6.36. The predicted molar refractivity (Wildman–Crippen MR) is 74.5 cm³/mol. The second kappa shape index (κ2) is 6.77. The highest BCUT2D eigenvalue weighted by molar-refractivity contribution is 6.29. The number of aromatic nitrogens is 2. The van der Waals surface area contributed by atoms with Gasteiger partial charge in [0.15, 0.2) is 10.8 Å². The normalized spacial score (nSPS) is 11.7. The molecule has 0 aliphatic heterocycles. The van der Waals surface area contributed by atoms with Gasteiger partial charge in [-0.05, 0) is 24.1 Å². The molecule has 6 heteroatoms. The SMILES string of the molecule is O=C[C@H](Cc1ccccc1)NC(=O)c1ccc(Cl)nn1. The highest BCUT2D eigenvalue weighted by atomic mass is 35.5. The van der Waals surface area contributed by atoms with Crippen LogP contribution in [0.2, 0.25) is 5.15 Å². The first-order valence-electron chi connectivity index (χ1n) is 5.98. The molecule has 5 nitrogen and oxygen atoms in total. The molecule has 2 rings (SSSR count). The van der Waals surface area contributed by atoms with Crippen molar-refractivity contribution in [2.45, 2.75) is 12.5 Å². The molecule has 0 spiro atoms. The Morgan fingerprint density at radius 3 is 2.55 bits per heavy atom. The second-order valence-electron chi connectivity index (χ2n) is 4.15. The molecule has 1 heterocycles. The summed E-state index contributed by atoms with van der Waals surface area (Å²) in [7, 11) is 0. The van der Waals surface area contributed by atoms with E-state index in [-0.39, 0.29) is 10.8 Å². The van der Waals surface area contributed by atoms with E-state index in [1.807, 2.05) is 30.3 Å². The molecule has 0 saturated carbocycles. The lowest BCUT2D eigenvalue weighted by Crippen LogP contribution is -2.38. The summed E-state index contributed by atoms with van der Waals surface area (Å²) < 4.78 is 0.